The van der Waals surface area contributed by atoms with Gasteiger partial charge >= 0.3 is 0 Å². The van der Waals surface area contributed by atoms with Crippen LogP contribution >= 0.6 is 0 Å². The second-order valence-corrected chi connectivity index (χ2v) is 11.0. The van der Waals surface area contributed by atoms with Crippen molar-refractivity contribution in [3.63, 3.8) is 0 Å². The monoisotopic (exact) mass is 552 g/mol. The molecule has 0 radical (unpaired) electrons. The van der Waals surface area contributed by atoms with Crippen LogP contribution in [0.4, 0.5) is 5.69 Å². The number of aryl methyl sites for hydroxylation is 1. The van der Waals surface area contributed by atoms with Crippen LogP contribution in [-0.2, 0) is 14.3 Å². The molecule has 2 amide bonds. The Labute approximate surface area is 237 Å². The van der Waals surface area contributed by atoms with Crippen molar-refractivity contribution < 1.29 is 23.9 Å². The number of hydrogen-bond acceptors (Lipinski definition) is 6. The first-order valence-corrected chi connectivity index (χ1v) is 14.0. The summed E-state index contributed by atoms with van der Waals surface area (Å²) in [6.07, 6.45) is 1.05. The Balaban J connectivity index is 1.84. The van der Waals surface area contributed by atoms with Gasteiger partial charge in [0.25, 0.3) is 11.8 Å². The Kier molecular flexibility index (Phi) is 9.97. The first-order chi connectivity index (χ1) is 18.8. The van der Waals surface area contributed by atoms with Gasteiger partial charge in [-0.2, -0.15) is 0 Å². The average molecular weight is 553 g/mol. The third-order valence-corrected chi connectivity index (χ3v) is 7.19. The number of aromatic nitrogens is 1. The topological polar surface area (TPSA) is 113 Å². The summed E-state index contributed by atoms with van der Waals surface area (Å²) in [5, 5.41) is 5.90. The Morgan fingerprint density at radius 2 is 1.80 bits per heavy atom. The minimum absolute atomic E-state index is 0.0846. The maximum absolute atomic E-state index is 13.0. The summed E-state index contributed by atoms with van der Waals surface area (Å²) >= 11 is 0. The largest absolute Gasteiger partial charge is 0.480 e. The highest BCUT2D eigenvalue weighted by Gasteiger charge is 2.35. The number of amides is 2. The number of nitrogens with zero attached hydrogens (tertiary/aromatic N) is 1. The SMILES string of the molecule is CCN(CC)CCNC(=O)c1c(C)[nH]c(/C=C2\C(=O)Nc3ccc(OC(C)(C)C(=O)[C@H](C)OC(C)C)cc32)c1C. The molecule has 3 rings (SSSR count). The van der Waals surface area contributed by atoms with Crippen LogP contribution in [0.2, 0.25) is 0 Å². The number of Topliss-reactive ketones (excluding diaryl/α,β-unsaturated/α-hetero) is 1. The van der Waals surface area contributed by atoms with Crippen molar-refractivity contribution in [1.29, 1.82) is 0 Å². The molecule has 0 unspecified atom stereocenters. The zero-order valence-corrected chi connectivity index (χ0v) is 25.3. The predicted octanol–water partition coefficient (Wildman–Crippen LogP) is 4.74. The van der Waals surface area contributed by atoms with Crippen molar-refractivity contribution in [2.24, 2.45) is 0 Å². The number of nitrogens with one attached hydrogen (secondary N) is 3. The van der Waals surface area contributed by atoms with E-state index in [1.165, 1.54) is 0 Å². The highest BCUT2D eigenvalue weighted by atomic mass is 16.5. The molecule has 218 valence electrons. The molecule has 1 atom stereocenters. The minimum atomic E-state index is -1.14. The molecule has 9 nitrogen and oxygen atoms in total. The molecular formula is C31H44N4O5. The van der Waals surface area contributed by atoms with Gasteiger partial charge in [-0.15, -0.1) is 0 Å². The van der Waals surface area contributed by atoms with Gasteiger partial charge in [0, 0.05) is 35.7 Å². The second-order valence-electron chi connectivity index (χ2n) is 11.0. The maximum Gasteiger partial charge on any atom is 0.256 e. The Hall–Kier alpha value is -3.43. The lowest BCUT2D eigenvalue weighted by Gasteiger charge is -2.28. The van der Waals surface area contributed by atoms with Crippen molar-refractivity contribution >= 4 is 34.9 Å². The van der Waals surface area contributed by atoms with Crippen molar-refractivity contribution in [3.8, 4) is 5.75 Å². The van der Waals surface area contributed by atoms with Gasteiger partial charge in [0.05, 0.1) is 17.2 Å². The van der Waals surface area contributed by atoms with Crippen molar-refractivity contribution in [2.45, 2.75) is 80.1 Å². The zero-order valence-electron chi connectivity index (χ0n) is 25.3. The number of likely N-dealkylation sites (N-methyl/N-ethyl adjacent to an activating group) is 1. The van der Waals surface area contributed by atoms with E-state index in [4.69, 9.17) is 9.47 Å². The molecular weight excluding hydrogens is 508 g/mol. The number of fused-ring (bicyclic) bond motifs is 1. The van der Waals surface area contributed by atoms with Gasteiger partial charge in [-0.1, -0.05) is 13.8 Å². The van der Waals surface area contributed by atoms with Crippen LogP contribution in [0.3, 0.4) is 0 Å². The van der Waals surface area contributed by atoms with Crippen LogP contribution in [-0.4, -0.2) is 71.5 Å². The highest BCUT2D eigenvalue weighted by Crippen LogP contribution is 2.37. The van der Waals surface area contributed by atoms with Crippen molar-refractivity contribution in [3.05, 3.63) is 46.3 Å². The number of carbonyl (C=O) groups excluding carboxylic acids is 3. The molecule has 1 aliphatic rings. The lowest BCUT2D eigenvalue weighted by atomic mass is 9.98. The van der Waals surface area contributed by atoms with Gasteiger partial charge in [0.15, 0.2) is 5.60 Å². The molecule has 9 heteroatoms. The summed E-state index contributed by atoms with van der Waals surface area (Å²) in [5.74, 6) is -0.105. The number of hydrogen-bond donors (Lipinski definition) is 3. The summed E-state index contributed by atoms with van der Waals surface area (Å²) in [7, 11) is 0. The number of ketones is 1. The van der Waals surface area contributed by atoms with E-state index < -0.39 is 11.7 Å². The molecule has 40 heavy (non-hydrogen) atoms. The van der Waals surface area contributed by atoms with Gasteiger partial charge in [-0.25, -0.2) is 0 Å². The van der Waals surface area contributed by atoms with Crippen molar-refractivity contribution in [1.82, 2.24) is 15.2 Å². The van der Waals surface area contributed by atoms with Crippen LogP contribution < -0.4 is 15.4 Å². The first kappa shape index (κ1) is 31.1. The molecule has 0 saturated carbocycles. The van der Waals surface area contributed by atoms with Gasteiger partial charge in [0.1, 0.15) is 11.9 Å². The number of rotatable bonds is 13. The molecule has 2 heterocycles. The number of benzene rings is 1. The van der Waals surface area contributed by atoms with Crippen LogP contribution in [0, 0.1) is 13.8 Å². The van der Waals surface area contributed by atoms with E-state index in [0.29, 0.717) is 40.4 Å². The molecule has 1 aromatic heterocycles. The molecule has 0 aliphatic carbocycles. The standard InChI is InChI=1S/C31H44N4O5/c1-10-35(11-2)15-14-32-30(38)27-19(5)26(33-20(27)6)17-24-23-16-22(12-13-25(23)34-29(24)37)40-31(8,9)28(36)21(7)39-18(3)4/h12-13,16-18,21,33H,10-11,14-15H2,1-9H3,(H,32,38)(H,34,37)/b24-17-/t21-/m0/s1. The van der Waals surface area contributed by atoms with Crippen molar-refractivity contribution in [2.75, 3.05) is 31.5 Å². The lowest BCUT2D eigenvalue weighted by molar-refractivity contribution is -0.145. The van der Waals surface area contributed by atoms with Gasteiger partial charge in [-0.05, 0) is 91.4 Å². The van der Waals surface area contributed by atoms with Crippen LogP contribution in [0.25, 0.3) is 11.6 Å². The molecule has 2 aromatic rings. The van der Waals surface area contributed by atoms with E-state index in [2.05, 4.69) is 34.4 Å². The van der Waals surface area contributed by atoms with Gasteiger partial charge in [0.2, 0.25) is 5.78 Å². The minimum Gasteiger partial charge on any atom is -0.480 e. The predicted molar refractivity (Wildman–Crippen MR) is 159 cm³/mol. The summed E-state index contributed by atoms with van der Waals surface area (Å²) in [6, 6.07) is 5.25. The van der Waals surface area contributed by atoms with Crippen LogP contribution in [0.1, 0.15) is 81.3 Å². The second kappa shape index (κ2) is 12.8. The van der Waals surface area contributed by atoms with E-state index in [1.807, 2.05) is 27.7 Å². The van der Waals surface area contributed by atoms with Gasteiger partial charge < -0.3 is 30.0 Å². The normalized spacial score (nSPS) is 15.0. The molecule has 0 bridgehead atoms. The fraction of sp³-hybridized carbons (Fsp3) is 0.516. The average Bonchev–Trinajstić information content (AvgIpc) is 3.34. The summed E-state index contributed by atoms with van der Waals surface area (Å²) in [5.41, 5.74) is 3.39. The van der Waals surface area contributed by atoms with E-state index in [-0.39, 0.29) is 23.7 Å². The maximum atomic E-state index is 13.0. The summed E-state index contributed by atoms with van der Waals surface area (Å²) in [4.78, 5) is 44.4. The fourth-order valence-corrected chi connectivity index (χ4v) is 5.04. The van der Waals surface area contributed by atoms with Crippen LogP contribution in [0.15, 0.2) is 18.2 Å². The van der Waals surface area contributed by atoms with Gasteiger partial charge in [-0.3, -0.25) is 14.4 Å². The lowest BCUT2D eigenvalue weighted by Crippen LogP contribution is -2.45. The molecule has 0 fully saturated rings. The number of carbonyl (C=O) groups is 3. The quantitative estimate of drug-likeness (QED) is 0.310. The number of ether oxygens (including phenoxy) is 2. The molecule has 3 N–H and O–H groups in total. The molecule has 1 aromatic carbocycles. The summed E-state index contributed by atoms with van der Waals surface area (Å²) in [6.45, 7) is 20.0. The fourth-order valence-electron chi connectivity index (χ4n) is 5.04. The highest BCUT2D eigenvalue weighted by molar-refractivity contribution is 6.35. The van der Waals surface area contributed by atoms with Crippen LogP contribution in [0.5, 0.6) is 5.75 Å². The van der Waals surface area contributed by atoms with E-state index in [0.717, 1.165) is 30.9 Å². The number of H-pyrrole nitrogens is 1. The van der Waals surface area contributed by atoms with E-state index in [9.17, 15) is 14.4 Å². The smallest absolute Gasteiger partial charge is 0.256 e. The molecule has 0 spiro atoms. The number of aromatic amines is 1. The Morgan fingerprint density at radius 3 is 2.42 bits per heavy atom. The number of anilines is 1. The Morgan fingerprint density at radius 1 is 1.12 bits per heavy atom. The first-order valence-electron chi connectivity index (χ1n) is 14.0. The third-order valence-electron chi connectivity index (χ3n) is 7.19. The summed E-state index contributed by atoms with van der Waals surface area (Å²) < 4.78 is 11.8. The molecule has 1 aliphatic heterocycles. The van der Waals surface area contributed by atoms with E-state index in [1.54, 1.807) is 45.0 Å². The third kappa shape index (κ3) is 7.01. The molecule has 0 saturated heterocycles. The van der Waals surface area contributed by atoms with E-state index >= 15 is 0 Å². The zero-order chi connectivity index (χ0) is 29.8. The Bertz CT molecular complexity index is 1290.